The first kappa shape index (κ1) is 20.0. The van der Waals surface area contributed by atoms with Crippen molar-refractivity contribution >= 4 is 22.4 Å². The number of aromatic nitrogens is 2. The molecule has 0 spiro atoms. The fourth-order valence-corrected chi connectivity index (χ4v) is 3.90. The summed E-state index contributed by atoms with van der Waals surface area (Å²) in [6.07, 6.45) is 3.79. The molecule has 0 radical (unpaired) electrons. The van der Waals surface area contributed by atoms with Crippen molar-refractivity contribution in [1.82, 2.24) is 20.9 Å². The van der Waals surface area contributed by atoms with Gasteiger partial charge in [-0.3, -0.25) is 5.01 Å². The molecule has 0 aliphatic carbocycles. The highest BCUT2D eigenvalue weighted by Crippen LogP contribution is 2.30. The van der Waals surface area contributed by atoms with Crippen LogP contribution in [-0.2, 0) is 6.54 Å². The highest BCUT2D eigenvalue weighted by Gasteiger charge is 2.14. The van der Waals surface area contributed by atoms with E-state index in [1.165, 1.54) is 11.1 Å². The number of anilines is 2. The van der Waals surface area contributed by atoms with Crippen LogP contribution < -0.4 is 21.3 Å². The van der Waals surface area contributed by atoms with Crippen molar-refractivity contribution in [2.24, 2.45) is 0 Å². The molecule has 0 saturated heterocycles. The quantitative estimate of drug-likeness (QED) is 0.390. The van der Waals surface area contributed by atoms with Crippen LogP contribution in [0.3, 0.4) is 0 Å². The number of hydrazine groups is 2. The minimum absolute atomic E-state index is 0.395. The van der Waals surface area contributed by atoms with Gasteiger partial charge in [0.25, 0.3) is 0 Å². The Morgan fingerprint density at radius 3 is 2.47 bits per heavy atom. The summed E-state index contributed by atoms with van der Waals surface area (Å²) in [4.78, 5) is 9.84. The van der Waals surface area contributed by atoms with E-state index in [4.69, 9.17) is 9.97 Å². The van der Waals surface area contributed by atoms with Crippen molar-refractivity contribution in [1.29, 1.82) is 0 Å². The normalized spacial score (nSPS) is 13.0. The van der Waals surface area contributed by atoms with Gasteiger partial charge in [0.15, 0.2) is 5.82 Å². The second-order valence-corrected chi connectivity index (χ2v) is 8.12. The zero-order chi connectivity index (χ0) is 21.9. The second kappa shape index (κ2) is 8.69. The lowest BCUT2D eigenvalue weighted by atomic mass is 9.97. The van der Waals surface area contributed by atoms with Gasteiger partial charge in [-0.1, -0.05) is 62.4 Å². The SMILES string of the molecule is CC(C)c1ccccc1-c1nc(NCc2ccc(N3C=CNN3)cc2)c2ccccc2n1. The topological polar surface area (TPSA) is 65.1 Å². The monoisotopic (exact) mass is 422 g/mol. The molecule has 6 heteroatoms. The number of hydrogen-bond donors (Lipinski definition) is 3. The number of para-hydroxylation sites is 1. The molecule has 0 amide bonds. The van der Waals surface area contributed by atoms with Gasteiger partial charge in [-0.2, -0.15) is 0 Å². The Bertz CT molecular complexity index is 1260. The van der Waals surface area contributed by atoms with Crippen molar-refractivity contribution in [2.75, 3.05) is 10.3 Å². The summed E-state index contributed by atoms with van der Waals surface area (Å²) in [7, 11) is 0. The van der Waals surface area contributed by atoms with Crippen LogP contribution in [0.1, 0.15) is 30.9 Å². The first-order valence-corrected chi connectivity index (χ1v) is 10.8. The van der Waals surface area contributed by atoms with Gasteiger partial charge in [0, 0.05) is 29.9 Å². The molecule has 2 heterocycles. The van der Waals surface area contributed by atoms with Crippen molar-refractivity contribution in [2.45, 2.75) is 26.3 Å². The molecule has 4 aromatic rings. The molecule has 1 aromatic heterocycles. The molecule has 0 bridgehead atoms. The summed E-state index contributed by atoms with van der Waals surface area (Å²) in [5.74, 6) is 2.00. The van der Waals surface area contributed by atoms with Gasteiger partial charge in [0.05, 0.1) is 11.2 Å². The van der Waals surface area contributed by atoms with Crippen LogP contribution in [0.5, 0.6) is 0 Å². The van der Waals surface area contributed by atoms with Crippen LogP contribution in [0.15, 0.2) is 85.2 Å². The van der Waals surface area contributed by atoms with E-state index in [2.05, 4.69) is 78.7 Å². The van der Waals surface area contributed by atoms with Crippen LogP contribution >= 0.6 is 0 Å². The maximum atomic E-state index is 4.95. The van der Waals surface area contributed by atoms with E-state index in [1.807, 2.05) is 41.7 Å². The van der Waals surface area contributed by atoms with Crippen LogP contribution in [0.2, 0.25) is 0 Å². The smallest absolute Gasteiger partial charge is 0.162 e. The molecule has 1 aliphatic rings. The lowest BCUT2D eigenvalue weighted by Crippen LogP contribution is -2.35. The molecule has 5 rings (SSSR count). The fourth-order valence-electron chi connectivity index (χ4n) is 3.90. The van der Waals surface area contributed by atoms with Gasteiger partial charge in [0.2, 0.25) is 0 Å². The Balaban J connectivity index is 1.45. The fraction of sp³-hybridized carbons (Fsp3) is 0.154. The summed E-state index contributed by atoms with van der Waals surface area (Å²) in [5.41, 5.74) is 11.5. The molecule has 0 unspecified atom stereocenters. The maximum absolute atomic E-state index is 4.95. The first-order chi connectivity index (χ1) is 15.7. The summed E-state index contributed by atoms with van der Waals surface area (Å²) in [5, 5.41) is 6.49. The zero-order valence-electron chi connectivity index (χ0n) is 18.2. The van der Waals surface area contributed by atoms with Crippen molar-refractivity contribution in [3.8, 4) is 11.4 Å². The highest BCUT2D eigenvalue weighted by atomic mass is 15.7. The molecule has 0 fully saturated rings. The lowest BCUT2D eigenvalue weighted by Gasteiger charge is -2.16. The Morgan fingerprint density at radius 2 is 1.69 bits per heavy atom. The highest BCUT2D eigenvalue weighted by molar-refractivity contribution is 5.90. The summed E-state index contributed by atoms with van der Waals surface area (Å²) in [6, 6.07) is 25.0. The molecule has 160 valence electrons. The molecule has 3 aromatic carbocycles. The van der Waals surface area contributed by atoms with Gasteiger partial charge < -0.3 is 10.7 Å². The Kier molecular flexibility index (Phi) is 5.44. The van der Waals surface area contributed by atoms with E-state index in [-0.39, 0.29) is 0 Å². The summed E-state index contributed by atoms with van der Waals surface area (Å²) >= 11 is 0. The second-order valence-electron chi connectivity index (χ2n) is 8.12. The van der Waals surface area contributed by atoms with Crippen molar-refractivity contribution in [3.63, 3.8) is 0 Å². The van der Waals surface area contributed by atoms with E-state index < -0.39 is 0 Å². The molecular formula is C26H26N6. The number of nitrogens with one attached hydrogen (secondary N) is 3. The number of fused-ring (bicyclic) bond motifs is 1. The first-order valence-electron chi connectivity index (χ1n) is 10.8. The average molecular weight is 423 g/mol. The summed E-state index contributed by atoms with van der Waals surface area (Å²) in [6.45, 7) is 5.08. The van der Waals surface area contributed by atoms with Gasteiger partial charge in [-0.15, -0.1) is 5.53 Å². The van der Waals surface area contributed by atoms with Gasteiger partial charge in [-0.25, -0.2) is 9.97 Å². The van der Waals surface area contributed by atoms with Crippen LogP contribution in [0, 0.1) is 0 Å². The number of nitrogens with zero attached hydrogens (tertiary/aromatic N) is 3. The third-order valence-corrected chi connectivity index (χ3v) is 5.59. The molecule has 0 saturated carbocycles. The molecule has 6 nitrogen and oxygen atoms in total. The molecule has 1 aliphatic heterocycles. The lowest BCUT2D eigenvalue weighted by molar-refractivity contribution is 0.680. The zero-order valence-corrected chi connectivity index (χ0v) is 18.2. The Labute approximate surface area is 188 Å². The Hall–Kier alpha value is -3.90. The molecular weight excluding hydrogens is 396 g/mol. The van der Waals surface area contributed by atoms with Crippen LogP contribution in [-0.4, -0.2) is 9.97 Å². The van der Waals surface area contributed by atoms with E-state index >= 15 is 0 Å². The van der Waals surface area contributed by atoms with E-state index in [9.17, 15) is 0 Å². The predicted molar refractivity (Wildman–Crippen MR) is 131 cm³/mol. The average Bonchev–Trinajstić information content (AvgIpc) is 3.38. The minimum atomic E-state index is 0.395. The predicted octanol–water partition coefficient (Wildman–Crippen LogP) is 5.33. The molecule has 0 atom stereocenters. The Morgan fingerprint density at radius 1 is 0.906 bits per heavy atom. The van der Waals surface area contributed by atoms with E-state index in [1.54, 1.807) is 0 Å². The van der Waals surface area contributed by atoms with Crippen LogP contribution in [0.4, 0.5) is 11.5 Å². The van der Waals surface area contributed by atoms with Crippen molar-refractivity contribution < 1.29 is 0 Å². The number of hydrogen-bond acceptors (Lipinski definition) is 6. The van der Waals surface area contributed by atoms with Gasteiger partial charge >= 0.3 is 0 Å². The molecule has 32 heavy (non-hydrogen) atoms. The largest absolute Gasteiger partial charge is 0.365 e. The number of rotatable bonds is 6. The van der Waals surface area contributed by atoms with Gasteiger partial charge in [-0.05, 0) is 41.3 Å². The van der Waals surface area contributed by atoms with Gasteiger partial charge in [0.1, 0.15) is 5.82 Å². The van der Waals surface area contributed by atoms with E-state index in [0.717, 1.165) is 33.8 Å². The standard InChI is InChI=1S/C26H26N6/c1-18(2)21-7-3-4-8-22(21)26-29-24-10-6-5-9-23(24)25(30-26)27-17-19-11-13-20(14-12-19)32-16-15-28-31-32/h3-16,18,28,31H,17H2,1-2H3,(H,27,29,30). The third-order valence-electron chi connectivity index (χ3n) is 5.59. The maximum Gasteiger partial charge on any atom is 0.162 e. The van der Waals surface area contributed by atoms with Crippen LogP contribution in [0.25, 0.3) is 22.3 Å². The van der Waals surface area contributed by atoms with Crippen molar-refractivity contribution in [3.05, 3.63) is 96.3 Å². The summed E-state index contributed by atoms with van der Waals surface area (Å²) < 4.78 is 0. The van der Waals surface area contributed by atoms with E-state index in [0.29, 0.717) is 12.5 Å². The minimum Gasteiger partial charge on any atom is -0.365 e. The molecule has 3 N–H and O–H groups in total. The number of benzene rings is 3. The third kappa shape index (κ3) is 4.00.